The van der Waals surface area contributed by atoms with Gasteiger partial charge in [-0.3, -0.25) is 4.79 Å². The largest absolute Gasteiger partial charge is 0.494 e. The summed E-state index contributed by atoms with van der Waals surface area (Å²) in [6.07, 6.45) is 1.52. The Balaban J connectivity index is 2.33. The second-order valence-corrected chi connectivity index (χ2v) is 4.44. The monoisotopic (exact) mass is 273 g/mol. The first kappa shape index (κ1) is 14.3. The van der Waals surface area contributed by atoms with Crippen LogP contribution in [-0.2, 0) is 6.42 Å². The van der Waals surface area contributed by atoms with Crippen LogP contribution in [-0.4, -0.2) is 23.1 Å². The van der Waals surface area contributed by atoms with E-state index in [2.05, 4.69) is 9.97 Å². The lowest BCUT2D eigenvalue weighted by atomic mass is 10.2. The topological polar surface area (TPSA) is 81.0 Å². The third-order valence-corrected chi connectivity index (χ3v) is 2.85. The van der Waals surface area contributed by atoms with E-state index in [-0.39, 0.29) is 5.56 Å². The first-order chi connectivity index (χ1) is 9.72. The molecule has 1 heterocycles. The minimum Gasteiger partial charge on any atom is -0.494 e. The summed E-state index contributed by atoms with van der Waals surface area (Å²) < 4.78 is 5.46. The average molecular weight is 273 g/mol. The second kappa shape index (κ2) is 6.86. The first-order valence-corrected chi connectivity index (χ1v) is 6.76. The zero-order valence-electron chi connectivity index (χ0n) is 11.6. The van der Waals surface area contributed by atoms with Gasteiger partial charge in [-0.15, -0.1) is 0 Å². The van der Waals surface area contributed by atoms with Crippen molar-refractivity contribution in [2.45, 2.75) is 19.8 Å². The summed E-state index contributed by atoms with van der Waals surface area (Å²) in [6, 6.07) is 9.05. The molecule has 0 bridgehead atoms. The first-order valence-electron chi connectivity index (χ1n) is 6.76. The predicted molar refractivity (Wildman–Crippen MR) is 78.8 cm³/mol. The highest BCUT2D eigenvalue weighted by Crippen LogP contribution is 2.20. The molecule has 0 aliphatic carbocycles. The summed E-state index contributed by atoms with van der Waals surface area (Å²) in [6.45, 7) is 3.12. The lowest BCUT2D eigenvalue weighted by Crippen LogP contribution is -2.11. The average Bonchev–Trinajstić information content (AvgIpc) is 2.45. The van der Waals surface area contributed by atoms with Crippen LogP contribution in [0.1, 0.15) is 19.0 Å². The van der Waals surface area contributed by atoms with E-state index in [1.165, 1.54) is 6.07 Å². The number of rotatable bonds is 6. The van der Waals surface area contributed by atoms with Gasteiger partial charge >= 0.3 is 0 Å². The third kappa shape index (κ3) is 3.68. The minimum atomic E-state index is -0.149. The Bertz CT molecular complexity index is 623. The second-order valence-electron chi connectivity index (χ2n) is 4.44. The molecule has 20 heavy (non-hydrogen) atoms. The van der Waals surface area contributed by atoms with E-state index in [4.69, 9.17) is 10.5 Å². The van der Waals surface area contributed by atoms with Crippen LogP contribution in [0.15, 0.2) is 35.1 Å². The molecule has 0 aliphatic rings. The molecule has 0 fully saturated rings. The molecule has 106 valence electrons. The van der Waals surface area contributed by atoms with E-state index >= 15 is 0 Å². The van der Waals surface area contributed by atoms with Gasteiger partial charge in [-0.2, -0.15) is 0 Å². The van der Waals surface area contributed by atoms with Crippen LogP contribution in [0.5, 0.6) is 5.75 Å². The quantitative estimate of drug-likeness (QED) is 0.839. The maximum absolute atomic E-state index is 11.7. The van der Waals surface area contributed by atoms with Crippen LogP contribution in [0.2, 0.25) is 0 Å². The van der Waals surface area contributed by atoms with Gasteiger partial charge in [-0.25, -0.2) is 4.98 Å². The summed E-state index contributed by atoms with van der Waals surface area (Å²) in [4.78, 5) is 18.9. The zero-order chi connectivity index (χ0) is 14.4. The van der Waals surface area contributed by atoms with E-state index in [0.717, 1.165) is 23.4 Å². The molecule has 1 aromatic heterocycles. The highest BCUT2D eigenvalue weighted by molar-refractivity contribution is 5.57. The molecule has 0 atom stereocenters. The number of ether oxygens (including phenoxy) is 1. The van der Waals surface area contributed by atoms with E-state index in [9.17, 15) is 4.79 Å². The van der Waals surface area contributed by atoms with Crippen molar-refractivity contribution in [2.75, 3.05) is 13.2 Å². The molecule has 0 saturated heterocycles. The molecule has 0 radical (unpaired) electrons. The molecular weight excluding hydrogens is 254 g/mol. The number of aromatic nitrogens is 2. The van der Waals surface area contributed by atoms with Gasteiger partial charge in [0.2, 0.25) is 0 Å². The van der Waals surface area contributed by atoms with E-state index < -0.39 is 0 Å². The Morgan fingerprint density at radius 3 is 2.95 bits per heavy atom. The molecule has 0 unspecified atom stereocenters. The maximum Gasteiger partial charge on any atom is 0.251 e. The van der Waals surface area contributed by atoms with Gasteiger partial charge in [0.25, 0.3) is 5.56 Å². The Morgan fingerprint density at radius 2 is 2.20 bits per heavy atom. The van der Waals surface area contributed by atoms with Crippen molar-refractivity contribution in [3.8, 4) is 17.1 Å². The number of nitrogens with one attached hydrogen (secondary N) is 1. The van der Waals surface area contributed by atoms with Crippen LogP contribution >= 0.6 is 0 Å². The van der Waals surface area contributed by atoms with Crippen molar-refractivity contribution in [1.82, 2.24) is 9.97 Å². The van der Waals surface area contributed by atoms with Crippen molar-refractivity contribution >= 4 is 0 Å². The molecule has 5 heteroatoms. The molecular formula is C15H19N3O2. The smallest absolute Gasteiger partial charge is 0.251 e. The number of aromatic amines is 1. The van der Waals surface area contributed by atoms with Gasteiger partial charge < -0.3 is 15.5 Å². The van der Waals surface area contributed by atoms with Crippen molar-refractivity contribution < 1.29 is 4.74 Å². The van der Waals surface area contributed by atoms with Crippen molar-refractivity contribution in [3.05, 3.63) is 46.4 Å². The summed E-state index contributed by atoms with van der Waals surface area (Å²) >= 11 is 0. The fourth-order valence-corrected chi connectivity index (χ4v) is 1.96. The maximum atomic E-state index is 11.7. The fraction of sp³-hybridized carbons (Fsp3) is 0.333. The fourth-order valence-electron chi connectivity index (χ4n) is 1.96. The molecule has 0 amide bonds. The predicted octanol–water partition coefficient (Wildman–Crippen LogP) is 1.73. The highest BCUT2D eigenvalue weighted by atomic mass is 16.5. The zero-order valence-corrected chi connectivity index (χ0v) is 11.6. The van der Waals surface area contributed by atoms with E-state index in [1.54, 1.807) is 0 Å². The minimum absolute atomic E-state index is 0.149. The standard InChI is InChI=1S/C15H19N3O2/c1-2-20-13-7-3-5-11(9-13)15-17-12(6-4-8-16)10-14(19)18-15/h3,5,7,9-10H,2,4,6,8,16H2,1H3,(H,17,18,19). The van der Waals surface area contributed by atoms with Crippen LogP contribution in [0.4, 0.5) is 0 Å². The van der Waals surface area contributed by atoms with Crippen molar-refractivity contribution in [2.24, 2.45) is 5.73 Å². The van der Waals surface area contributed by atoms with Crippen LogP contribution in [0, 0.1) is 0 Å². The highest BCUT2D eigenvalue weighted by Gasteiger charge is 2.05. The molecule has 2 aromatic rings. The Kier molecular flexibility index (Phi) is 4.90. The SMILES string of the molecule is CCOc1cccc(-c2nc(CCCN)cc(=O)[nH]2)c1. The lowest BCUT2D eigenvalue weighted by Gasteiger charge is -2.07. The Hall–Kier alpha value is -2.14. The summed E-state index contributed by atoms with van der Waals surface area (Å²) in [5.41, 5.74) is 6.93. The number of H-pyrrole nitrogens is 1. The van der Waals surface area contributed by atoms with Gasteiger partial charge in [-0.05, 0) is 38.4 Å². The molecule has 0 saturated carbocycles. The number of nitrogens with two attached hydrogens (primary N) is 1. The Labute approximate surface area is 117 Å². The third-order valence-electron chi connectivity index (χ3n) is 2.85. The normalized spacial score (nSPS) is 10.5. The molecule has 2 rings (SSSR count). The molecule has 3 N–H and O–H groups in total. The molecule has 0 spiro atoms. The van der Waals surface area contributed by atoms with Crippen LogP contribution in [0.3, 0.4) is 0 Å². The van der Waals surface area contributed by atoms with Gasteiger partial charge in [0.15, 0.2) is 0 Å². The van der Waals surface area contributed by atoms with Crippen LogP contribution < -0.4 is 16.0 Å². The lowest BCUT2D eigenvalue weighted by molar-refractivity contribution is 0.340. The van der Waals surface area contributed by atoms with Crippen molar-refractivity contribution in [3.63, 3.8) is 0 Å². The number of nitrogens with zero attached hydrogens (tertiary/aromatic N) is 1. The number of benzene rings is 1. The summed E-state index contributed by atoms with van der Waals surface area (Å²) in [5.74, 6) is 1.33. The number of aryl methyl sites for hydroxylation is 1. The van der Waals surface area contributed by atoms with Gasteiger partial charge in [-0.1, -0.05) is 12.1 Å². The van der Waals surface area contributed by atoms with E-state index in [1.807, 2.05) is 31.2 Å². The van der Waals surface area contributed by atoms with Gasteiger partial charge in [0.05, 0.1) is 6.61 Å². The summed E-state index contributed by atoms with van der Waals surface area (Å²) in [5, 5.41) is 0. The number of hydrogen-bond acceptors (Lipinski definition) is 4. The number of hydrogen-bond donors (Lipinski definition) is 2. The Morgan fingerprint density at radius 1 is 1.35 bits per heavy atom. The van der Waals surface area contributed by atoms with Crippen LogP contribution in [0.25, 0.3) is 11.4 Å². The van der Waals surface area contributed by atoms with Gasteiger partial charge in [0.1, 0.15) is 11.6 Å². The van der Waals surface area contributed by atoms with E-state index in [0.29, 0.717) is 25.4 Å². The molecule has 1 aromatic carbocycles. The van der Waals surface area contributed by atoms with Crippen molar-refractivity contribution in [1.29, 1.82) is 0 Å². The summed E-state index contributed by atoms with van der Waals surface area (Å²) in [7, 11) is 0. The molecule has 5 nitrogen and oxygen atoms in total. The van der Waals surface area contributed by atoms with Gasteiger partial charge in [0, 0.05) is 17.3 Å². The molecule has 0 aliphatic heterocycles.